The molecule has 1 N–H and O–H groups in total. The van der Waals surface area contributed by atoms with Gasteiger partial charge >= 0.3 is 0 Å². The van der Waals surface area contributed by atoms with Gasteiger partial charge in [0.05, 0.1) is 20.3 Å². The van der Waals surface area contributed by atoms with Crippen molar-refractivity contribution in [2.24, 2.45) is 0 Å². The number of amides is 1. The van der Waals surface area contributed by atoms with E-state index in [1.54, 1.807) is 20.3 Å². The fraction of sp³-hybridized carbons (Fsp3) is 0.391. The molecule has 0 aromatic heterocycles. The van der Waals surface area contributed by atoms with Gasteiger partial charge in [-0.25, -0.2) is 0 Å². The van der Waals surface area contributed by atoms with Crippen LogP contribution in [0.25, 0.3) is 11.1 Å². The van der Waals surface area contributed by atoms with E-state index in [1.165, 1.54) is 6.92 Å². The zero-order chi connectivity index (χ0) is 20.4. The average Bonchev–Trinajstić information content (AvgIpc) is 2.89. The van der Waals surface area contributed by atoms with E-state index in [1.807, 2.05) is 26.0 Å². The Morgan fingerprint density at radius 3 is 2.50 bits per heavy atom. The molecule has 1 aliphatic rings. The summed E-state index contributed by atoms with van der Waals surface area (Å²) >= 11 is 0. The highest BCUT2D eigenvalue weighted by atomic mass is 16.5. The van der Waals surface area contributed by atoms with Crippen molar-refractivity contribution in [3.63, 3.8) is 0 Å². The van der Waals surface area contributed by atoms with Crippen LogP contribution in [0.4, 0.5) is 0 Å². The van der Waals surface area contributed by atoms with E-state index >= 15 is 0 Å². The lowest BCUT2D eigenvalue weighted by molar-refractivity contribution is -0.119. The average molecular weight is 381 g/mol. The third kappa shape index (κ3) is 3.49. The second kappa shape index (κ2) is 8.05. The fourth-order valence-electron chi connectivity index (χ4n) is 4.11. The molecule has 1 atom stereocenters. The Bertz CT molecular complexity index is 981. The van der Waals surface area contributed by atoms with Gasteiger partial charge in [-0.3, -0.25) is 9.59 Å². The summed E-state index contributed by atoms with van der Waals surface area (Å²) in [5, 5.41) is 3.02. The molecule has 1 amide bonds. The first kappa shape index (κ1) is 19.9. The number of hydrogen-bond acceptors (Lipinski definition) is 4. The number of rotatable bonds is 4. The highest BCUT2D eigenvalue weighted by Gasteiger charge is 2.28. The standard InChI is InChI=1S/C23H27NO4/c1-6-15-7-9-17-18(12-20(15)26)19(24-14(3)25)10-8-16-11-13(2)22(27-4)23(28-5)21(16)17/h7,9,11-12,19H,6,8,10H2,1-5H3,(H,24,25)/t19-/m0/s1. The summed E-state index contributed by atoms with van der Waals surface area (Å²) in [4.78, 5) is 24.6. The van der Waals surface area contributed by atoms with Gasteiger partial charge in [0.1, 0.15) is 0 Å². The first-order valence-electron chi connectivity index (χ1n) is 9.60. The lowest BCUT2D eigenvalue weighted by atomic mass is 9.94. The number of carbonyl (C=O) groups excluding carboxylic acids is 1. The molecule has 0 saturated heterocycles. The lowest BCUT2D eigenvalue weighted by Gasteiger charge is -2.19. The molecular weight excluding hydrogens is 354 g/mol. The molecule has 5 heteroatoms. The van der Waals surface area contributed by atoms with Gasteiger partial charge in [-0.2, -0.15) is 0 Å². The quantitative estimate of drug-likeness (QED) is 0.877. The predicted molar refractivity (Wildman–Crippen MR) is 110 cm³/mol. The third-order valence-corrected chi connectivity index (χ3v) is 5.38. The van der Waals surface area contributed by atoms with Crippen molar-refractivity contribution in [3.8, 4) is 22.6 Å². The van der Waals surface area contributed by atoms with Crippen molar-refractivity contribution >= 4 is 5.91 Å². The maximum atomic E-state index is 12.7. The molecule has 5 nitrogen and oxygen atoms in total. The minimum Gasteiger partial charge on any atom is -0.493 e. The van der Waals surface area contributed by atoms with Gasteiger partial charge in [0.2, 0.25) is 5.91 Å². The largest absolute Gasteiger partial charge is 0.493 e. The van der Waals surface area contributed by atoms with Crippen LogP contribution in [0.2, 0.25) is 0 Å². The maximum absolute atomic E-state index is 12.7. The Morgan fingerprint density at radius 1 is 1.18 bits per heavy atom. The van der Waals surface area contributed by atoms with Crippen molar-refractivity contribution in [3.05, 3.63) is 56.7 Å². The van der Waals surface area contributed by atoms with E-state index in [4.69, 9.17) is 9.47 Å². The number of nitrogens with one attached hydrogen (secondary N) is 1. The lowest BCUT2D eigenvalue weighted by Crippen LogP contribution is -2.26. The number of methoxy groups -OCH3 is 2. The topological polar surface area (TPSA) is 64.6 Å². The molecule has 0 fully saturated rings. The van der Waals surface area contributed by atoms with Gasteiger partial charge in [0, 0.05) is 12.5 Å². The number of ether oxygens (including phenoxy) is 2. The summed E-state index contributed by atoms with van der Waals surface area (Å²) < 4.78 is 11.4. The van der Waals surface area contributed by atoms with E-state index in [-0.39, 0.29) is 17.4 Å². The summed E-state index contributed by atoms with van der Waals surface area (Å²) in [6.45, 7) is 5.47. The molecule has 3 rings (SSSR count). The number of carbonyl (C=O) groups is 1. The number of fused-ring (bicyclic) bond motifs is 3. The van der Waals surface area contributed by atoms with Gasteiger partial charge in [-0.05, 0) is 60.1 Å². The summed E-state index contributed by atoms with van der Waals surface area (Å²) in [6.07, 6.45) is 2.12. The normalized spacial score (nSPS) is 15.1. The second-order valence-electron chi connectivity index (χ2n) is 7.18. The first-order chi connectivity index (χ1) is 13.4. The van der Waals surface area contributed by atoms with Crippen molar-refractivity contribution in [2.75, 3.05) is 14.2 Å². The molecule has 0 aliphatic heterocycles. The van der Waals surface area contributed by atoms with Gasteiger partial charge in [-0.1, -0.05) is 25.1 Å². The Hall–Kier alpha value is -2.82. The molecule has 0 radical (unpaired) electrons. The zero-order valence-electron chi connectivity index (χ0n) is 17.1. The second-order valence-corrected chi connectivity index (χ2v) is 7.18. The summed E-state index contributed by atoms with van der Waals surface area (Å²) in [6, 6.07) is 7.41. The smallest absolute Gasteiger partial charge is 0.217 e. The molecule has 28 heavy (non-hydrogen) atoms. The number of benzene rings is 1. The van der Waals surface area contributed by atoms with Crippen LogP contribution in [0.3, 0.4) is 0 Å². The first-order valence-corrected chi connectivity index (χ1v) is 9.60. The fourth-order valence-corrected chi connectivity index (χ4v) is 4.11. The van der Waals surface area contributed by atoms with Gasteiger partial charge < -0.3 is 14.8 Å². The number of hydrogen-bond donors (Lipinski definition) is 1. The SMILES string of the molecule is CCc1ccc2c(cc1=O)[C@@H](NC(C)=O)CCc1cc(C)c(OC)c(OC)c1-2. The number of aryl methyl sites for hydroxylation is 3. The Morgan fingerprint density at radius 2 is 1.89 bits per heavy atom. The van der Waals surface area contributed by atoms with Crippen LogP contribution in [0.1, 0.15) is 48.6 Å². The molecule has 0 bridgehead atoms. The molecule has 0 saturated carbocycles. The van der Waals surface area contributed by atoms with Crippen LogP contribution in [-0.2, 0) is 17.6 Å². The van der Waals surface area contributed by atoms with E-state index in [9.17, 15) is 9.59 Å². The Kier molecular flexibility index (Phi) is 5.73. The third-order valence-electron chi connectivity index (χ3n) is 5.38. The Labute approximate surface area is 165 Å². The monoisotopic (exact) mass is 381 g/mol. The van der Waals surface area contributed by atoms with Crippen LogP contribution in [0.5, 0.6) is 11.5 Å². The van der Waals surface area contributed by atoms with Crippen LogP contribution in [-0.4, -0.2) is 20.1 Å². The molecule has 148 valence electrons. The molecular formula is C23H27NO4. The van der Waals surface area contributed by atoms with Crippen LogP contribution < -0.4 is 20.2 Å². The molecule has 0 spiro atoms. The van der Waals surface area contributed by atoms with E-state index in [2.05, 4.69) is 11.4 Å². The van der Waals surface area contributed by atoms with E-state index in [0.29, 0.717) is 24.3 Å². The summed E-state index contributed by atoms with van der Waals surface area (Å²) in [5.41, 5.74) is 5.51. The minimum absolute atomic E-state index is 0.0133. The summed E-state index contributed by atoms with van der Waals surface area (Å²) in [5.74, 6) is 1.24. The van der Waals surface area contributed by atoms with Gasteiger partial charge in [0.15, 0.2) is 16.9 Å². The van der Waals surface area contributed by atoms with Crippen molar-refractivity contribution in [2.45, 2.75) is 46.1 Å². The van der Waals surface area contributed by atoms with Crippen molar-refractivity contribution in [1.82, 2.24) is 5.32 Å². The highest BCUT2D eigenvalue weighted by molar-refractivity contribution is 5.82. The van der Waals surface area contributed by atoms with E-state index in [0.717, 1.165) is 39.8 Å². The van der Waals surface area contributed by atoms with E-state index < -0.39 is 0 Å². The van der Waals surface area contributed by atoms with Crippen molar-refractivity contribution in [1.29, 1.82) is 0 Å². The Balaban J connectivity index is 2.41. The minimum atomic E-state index is -0.235. The van der Waals surface area contributed by atoms with Crippen LogP contribution in [0, 0.1) is 6.92 Å². The van der Waals surface area contributed by atoms with Gasteiger partial charge in [-0.15, -0.1) is 0 Å². The maximum Gasteiger partial charge on any atom is 0.217 e. The highest BCUT2D eigenvalue weighted by Crippen LogP contribution is 2.47. The molecule has 0 unspecified atom stereocenters. The zero-order valence-corrected chi connectivity index (χ0v) is 17.1. The molecule has 2 aromatic carbocycles. The van der Waals surface area contributed by atoms with Crippen LogP contribution >= 0.6 is 0 Å². The summed E-state index contributed by atoms with van der Waals surface area (Å²) in [7, 11) is 3.26. The van der Waals surface area contributed by atoms with Crippen LogP contribution in [0.15, 0.2) is 29.1 Å². The van der Waals surface area contributed by atoms with Crippen molar-refractivity contribution < 1.29 is 14.3 Å². The molecule has 0 heterocycles. The van der Waals surface area contributed by atoms with Gasteiger partial charge in [0.25, 0.3) is 0 Å². The molecule has 2 aromatic rings. The predicted octanol–water partition coefficient (Wildman–Crippen LogP) is 3.73. The molecule has 1 aliphatic carbocycles.